The summed E-state index contributed by atoms with van der Waals surface area (Å²) in [5.41, 5.74) is 6.20. The summed E-state index contributed by atoms with van der Waals surface area (Å²) in [7, 11) is 1.44. The van der Waals surface area contributed by atoms with Crippen LogP contribution in [0.3, 0.4) is 0 Å². The summed E-state index contributed by atoms with van der Waals surface area (Å²) in [5.74, 6) is -0.262. The van der Waals surface area contributed by atoms with Gasteiger partial charge in [0.05, 0.1) is 7.11 Å². The molecule has 0 saturated heterocycles. The number of rotatable bonds is 3. The molecular formula is C11H12N2O3. The quantitative estimate of drug-likeness (QED) is 0.613. The molecule has 5 heteroatoms. The first-order valence-corrected chi connectivity index (χ1v) is 4.62. The van der Waals surface area contributed by atoms with Gasteiger partial charge in [-0.05, 0) is 25.1 Å². The average molecular weight is 220 g/mol. The predicted octanol–water partition coefficient (Wildman–Crippen LogP) is 1.35. The summed E-state index contributed by atoms with van der Waals surface area (Å²) < 4.78 is 9.84. The summed E-state index contributed by atoms with van der Waals surface area (Å²) in [6, 6.07) is 6.44. The van der Waals surface area contributed by atoms with Crippen molar-refractivity contribution in [2.75, 3.05) is 12.8 Å². The van der Waals surface area contributed by atoms with Gasteiger partial charge in [0, 0.05) is 5.69 Å². The van der Waals surface area contributed by atoms with Crippen LogP contribution in [0.5, 0.6) is 5.75 Å². The Morgan fingerprint density at radius 3 is 2.81 bits per heavy atom. The molecule has 5 nitrogen and oxygen atoms in total. The molecule has 16 heavy (non-hydrogen) atoms. The molecule has 0 amide bonds. The zero-order valence-corrected chi connectivity index (χ0v) is 9.06. The molecule has 84 valence electrons. The van der Waals surface area contributed by atoms with E-state index < -0.39 is 12.1 Å². The number of hydrogen-bond acceptors (Lipinski definition) is 5. The van der Waals surface area contributed by atoms with Crippen molar-refractivity contribution in [2.45, 2.75) is 13.0 Å². The Labute approximate surface area is 93.4 Å². The first kappa shape index (κ1) is 11.9. The fourth-order valence-electron chi connectivity index (χ4n) is 1.14. The molecule has 0 fully saturated rings. The minimum absolute atomic E-state index is 0.213. The zero-order valence-electron chi connectivity index (χ0n) is 9.06. The Morgan fingerprint density at radius 2 is 2.25 bits per heavy atom. The van der Waals surface area contributed by atoms with Crippen LogP contribution in [-0.4, -0.2) is 19.2 Å². The van der Waals surface area contributed by atoms with Crippen molar-refractivity contribution < 1.29 is 14.3 Å². The maximum Gasteiger partial charge on any atom is 0.343 e. The molecule has 0 aliphatic rings. The number of methoxy groups -OCH3 is 1. The first-order valence-electron chi connectivity index (χ1n) is 4.62. The van der Waals surface area contributed by atoms with Crippen LogP contribution < -0.4 is 10.5 Å². The average Bonchev–Trinajstić information content (AvgIpc) is 2.28. The van der Waals surface area contributed by atoms with Crippen LogP contribution in [0.4, 0.5) is 5.69 Å². The van der Waals surface area contributed by atoms with E-state index in [1.807, 2.05) is 0 Å². The Kier molecular flexibility index (Phi) is 3.72. The Balaban J connectivity index is 2.98. The third-order valence-corrected chi connectivity index (χ3v) is 1.91. The molecule has 1 aromatic rings. The minimum atomic E-state index is -0.807. The molecule has 1 unspecified atom stereocenters. The van der Waals surface area contributed by atoms with E-state index in [0.29, 0.717) is 11.4 Å². The highest BCUT2D eigenvalue weighted by molar-refractivity contribution is 5.93. The molecule has 1 aromatic carbocycles. The van der Waals surface area contributed by atoms with Gasteiger partial charge in [-0.3, -0.25) is 0 Å². The van der Waals surface area contributed by atoms with Crippen LogP contribution in [0.15, 0.2) is 18.2 Å². The maximum absolute atomic E-state index is 11.6. The van der Waals surface area contributed by atoms with Crippen molar-refractivity contribution in [3.05, 3.63) is 23.8 Å². The van der Waals surface area contributed by atoms with Gasteiger partial charge in [0.25, 0.3) is 0 Å². The van der Waals surface area contributed by atoms with E-state index in [-0.39, 0.29) is 5.56 Å². The third kappa shape index (κ3) is 2.64. The van der Waals surface area contributed by atoms with Crippen molar-refractivity contribution in [1.82, 2.24) is 0 Å². The molecule has 0 aliphatic carbocycles. The van der Waals surface area contributed by atoms with Gasteiger partial charge in [0.2, 0.25) is 0 Å². The van der Waals surface area contributed by atoms with Crippen LogP contribution >= 0.6 is 0 Å². The Morgan fingerprint density at radius 1 is 1.56 bits per heavy atom. The number of ether oxygens (including phenoxy) is 2. The Bertz CT molecular complexity index is 437. The molecule has 0 spiro atoms. The second-order valence-corrected chi connectivity index (χ2v) is 3.14. The van der Waals surface area contributed by atoms with Crippen molar-refractivity contribution >= 4 is 11.7 Å². The van der Waals surface area contributed by atoms with Gasteiger partial charge in [-0.1, -0.05) is 0 Å². The van der Waals surface area contributed by atoms with Crippen LogP contribution in [0.1, 0.15) is 17.3 Å². The second-order valence-electron chi connectivity index (χ2n) is 3.14. The third-order valence-electron chi connectivity index (χ3n) is 1.91. The largest absolute Gasteiger partial charge is 0.496 e. The number of carbonyl (C=O) groups is 1. The van der Waals surface area contributed by atoms with E-state index in [4.69, 9.17) is 20.5 Å². The molecule has 0 heterocycles. The van der Waals surface area contributed by atoms with Gasteiger partial charge in [-0.15, -0.1) is 0 Å². The number of carbonyl (C=O) groups excluding carboxylic acids is 1. The number of anilines is 1. The predicted molar refractivity (Wildman–Crippen MR) is 57.9 cm³/mol. The Hall–Kier alpha value is -2.22. The zero-order chi connectivity index (χ0) is 12.1. The van der Waals surface area contributed by atoms with Gasteiger partial charge >= 0.3 is 5.97 Å². The summed E-state index contributed by atoms with van der Waals surface area (Å²) in [5, 5.41) is 8.53. The maximum atomic E-state index is 11.6. The van der Waals surface area contributed by atoms with Gasteiger partial charge in [0.15, 0.2) is 6.10 Å². The lowest BCUT2D eigenvalue weighted by molar-refractivity contribution is 0.0432. The van der Waals surface area contributed by atoms with E-state index >= 15 is 0 Å². The monoisotopic (exact) mass is 220 g/mol. The lowest BCUT2D eigenvalue weighted by Crippen LogP contribution is -2.14. The molecule has 0 saturated carbocycles. The molecule has 2 N–H and O–H groups in total. The number of nitrogens with zero attached hydrogens (tertiary/aromatic N) is 1. The van der Waals surface area contributed by atoms with Crippen LogP contribution in [-0.2, 0) is 4.74 Å². The summed E-state index contributed by atoms with van der Waals surface area (Å²) in [4.78, 5) is 11.6. The summed E-state index contributed by atoms with van der Waals surface area (Å²) >= 11 is 0. The lowest BCUT2D eigenvalue weighted by Gasteiger charge is -2.10. The fourth-order valence-corrected chi connectivity index (χ4v) is 1.14. The van der Waals surface area contributed by atoms with Gasteiger partial charge in [0.1, 0.15) is 17.4 Å². The van der Waals surface area contributed by atoms with E-state index in [2.05, 4.69) is 0 Å². The van der Waals surface area contributed by atoms with Gasteiger partial charge < -0.3 is 15.2 Å². The van der Waals surface area contributed by atoms with Crippen molar-refractivity contribution in [3.63, 3.8) is 0 Å². The smallest absolute Gasteiger partial charge is 0.343 e. The lowest BCUT2D eigenvalue weighted by atomic mass is 10.2. The highest BCUT2D eigenvalue weighted by atomic mass is 16.5. The van der Waals surface area contributed by atoms with Crippen molar-refractivity contribution in [1.29, 1.82) is 5.26 Å². The molecule has 0 aliphatic heterocycles. The number of nitrogen functional groups attached to an aromatic ring is 1. The summed E-state index contributed by atoms with van der Waals surface area (Å²) in [6.45, 7) is 1.48. The van der Waals surface area contributed by atoms with Crippen LogP contribution in [0.2, 0.25) is 0 Å². The topological polar surface area (TPSA) is 85.3 Å². The van der Waals surface area contributed by atoms with Crippen LogP contribution in [0.25, 0.3) is 0 Å². The molecule has 0 bridgehead atoms. The highest BCUT2D eigenvalue weighted by Gasteiger charge is 2.16. The molecule has 0 radical (unpaired) electrons. The molecule has 1 atom stereocenters. The number of nitriles is 1. The van der Waals surface area contributed by atoms with Gasteiger partial charge in [-0.25, -0.2) is 4.79 Å². The van der Waals surface area contributed by atoms with Crippen LogP contribution in [0, 0.1) is 11.3 Å². The second kappa shape index (κ2) is 5.03. The minimum Gasteiger partial charge on any atom is -0.496 e. The van der Waals surface area contributed by atoms with Gasteiger partial charge in [-0.2, -0.15) is 5.26 Å². The number of nitrogens with two attached hydrogens (primary N) is 1. The molecule has 1 rings (SSSR count). The normalized spacial score (nSPS) is 11.3. The molecular weight excluding hydrogens is 208 g/mol. The number of benzene rings is 1. The highest BCUT2D eigenvalue weighted by Crippen LogP contribution is 2.22. The van der Waals surface area contributed by atoms with E-state index in [0.717, 1.165) is 0 Å². The summed E-state index contributed by atoms with van der Waals surface area (Å²) in [6.07, 6.45) is -0.807. The van der Waals surface area contributed by atoms with E-state index in [1.165, 1.54) is 20.1 Å². The van der Waals surface area contributed by atoms with E-state index in [9.17, 15) is 4.79 Å². The van der Waals surface area contributed by atoms with Crippen molar-refractivity contribution in [3.8, 4) is 11.8 Å². The van der Waals surface area contributed by atoms with E-state index in [1.54, 1.807) is 18.2 Å². The van der Waals surface area contributed by atoms with Crippen molar-refractivity contribution in [2.24, 2.45) is 0 Å². The first-order chi connectivity index (χ1) is 7.58. The SMILES string of the molecule is COc1ccc(N)cc1C(=O)OC(C)C#N. The number of hydrogen-bond donors (Lipinski definition) is 1. The number of esters is 1. The molecule has 0 aromatic heterocycles. The fraction of sp³-hybridized carbons (Fsp3) is 0.273. The standard InChI is InChI=1S/C11H12N2O3/c1-7(6-12)16-11(14)9-5-8(13)3-4-10(9)15-2/h3-5,7H,13H2,1-2H3.